The topological polar surface area (TPSA) is 90.7 Å². The van der Waals surface area contributed by atoms with Crippen LogP contribution in [-0.4, -0.2) is 92.3 Å². The maximum atomic E-state index is 12.4. The molecule has 0 unspecified atom stereocenters. The summed E-state index contributed by atoms with van der Waals surface area (Å²) in [5, 5.41) is 12.1. The number of carbonyl (C=O) groups excluding carboxylic acids is 2. The van der Waals surface area contributed by atoms with Gasteiger partial charge in [0.05, 0.1) is 12.4 Å². The molecule has 1 aromatic heterocycles. The van der Waals surface area contributed by atoms with E-state index in [0.29, 0.717) is 12.6 Å². The molecule has 3 heterocycles. The largest absolute Gasteiger partial charge is 0.337 e. The van der Waals surface area contributed by atoms with Crippen molar-refractivity contribution < 1.29 is 9.59 Å². The highest BCUT2D eigenvalue weighted by Gasteiger charge is 2.38. The molecule has 0 radical (unpaired) electrons. The second-order valence-electron chi connectivity index (χ2n) is 7.31. The van der Waals surface area contributed by atoms with E-state index in [1.165, 1.54) is 4.90 Å². The van der Waals surface area contributed by atoms with E-state index in [2.05, 4.69) is 25.3 Å². The highest BCUT2D eigenvalue weighted by molar-refractivity contribution is 6.02. The predicted molar refractivity (Wildman–Crippen MR) is 102 cm³/mol. The zero-order valence-corrected chi connectivity index (χ0v) is 16.1. The number of carbonyl (C=O) groups is 2. The summed E-state index contributed by atoms with van der Waals surface area (Å²) >= 11 is 0. The average molecular weight is 384 g/mol. The van der Waals surface area contributed by atoms with Crippen molar-refractivity contribution in [3.8, 4) is 5.69 Å². The van der Waals surface area contributed by atoms with Gasteiger partial charge in [-0.15, -0.1) is 0 Å². The SMILES string of the molecule is CC(C)N1C(=O)CN(CN2CCN(c3nnnn3-c3ccccc3)CC2)C1=O. The Kier molecular flexibility index (Phi) is 4.95. The lowest BCUT2D eigenvalue weighted by Crippen LogP contribution is -2.51. The number of anilines is 1. The molecule has 4 rings (SSSR count). The molecule has 10 heteroatoms. The Balaban J connectivity index is 1.37. The Hall–Kier alpha value is -3.01. The number of rotatable bonds is 5. The lowest BCUT2D eigenvalue weighted by atomic mass is 10.3. The second-order valence-corrected chi connectivity index (χ2v) is 7.31. The molecule has 0 atom stereocenters. The molecule has 0 spiro atoms. The fourth-order valence-corrected chi connectivity index (χ4v) is 3.63. The molecular formula is C18H24N8O2. The molecule has 28 heavy (non-hydrogen) atoms. The van der Waals surface area contributed by atoms with Crippen LogP contribution >= 0.6 is 0 Å². The number of piperazine rings is 1. The van der Waals surface area contributed by atoms with Gasteiger partial charge in [-0.25, -0.2) is 4.79 Å². The van der Waals surface area contributed by atoms with Gasteiger partial charge >= 0.3 is 6.03 Å². The third-order valence-electron chi connectivity index (χ3n) is 5.07. The summed E-state index contributed by atoms with van der Waals surface area (Å²) in [5.74, 6) is 0.588. The van der Waals surface area contributed by atoms with Crippen molar-refractivity contribution in [2.45, 2.75) is 19.9 Å². The Morgan fingerprint density at radius 3 is 2.39 bits per heavy atom. The van der Waals surface area contributed by atoms with Crippen LogP contribution in [0.15, 0.2) is 30.3 Å². The highest BCUT2D eigenvalue weighted by Crippen LogP contribution is 2.18. The number of amides is 3. The van der Waals surface area contributed by atoms with Crippen LogP contribution in [0, 0.1) is 0 Å². The quantitative estimate of drug-likeness (QED) is 0.690. The van der Waals surface area contributed by atoms with Crippen molar-refractivity contribution in [3.63, 3.8) is 0 Å². The number of imide groups is 1. The highest BCUT2D eigenvalue weighted by atomic mass is 16.2. The van der Waals surface area contributed by atoms with Crippen LogP contribution < -0.4 is 4.90 Å². The van der Waals surface area contributed by atoms with Gasteiger partial charge < -0.3 is 9.80 Å². The lowest BCUT2D eigenvalue weighted by molar-refractivity contribution is -0.126. The van der Waals surface area contributed by atoms with Gasteiger partial charge in [0, 0.05) is 32.2 Å². The summed E-state index contributed by atoms with van der Waals surface area (Å²) in [4.78, 5) is 31.8. The van der Waals surface area contributed by atoms with E-state index < -0.39 is 0 Å². The molecule has 0 aliphatic carbocycles. The van der Waals surface area contributed by atoms with Gasteiger partial charge in [0.25, 0.3) is 5.91 Å². The maximum Gasteiger partial charge on any atom is 0.328 e. The number of urea groups is 1. The van der Waals surface area contributed by atoms with Crippen LogP contribution in [0.1, 0.15) is 13.8 Å². The number of nitrogens with zero attached hydrogens (tertiary/aromatic N) is 8. The second kappa shape index (κ2) is 7.55. The molecule has 2 fully saturated rings. The molecule has 1 aromatic carbocycles. The molecule has 0 N–H and O–H groups in total. The molecule has 0 saturated carbocycles. The monoisotopic (exact) mass is 384 g/mol. The first-order valence-electron chi connectivity index (χ1n) is 9.46. The third-order valence-corrected chi connectivity index (χ3v) is 5.07. The van der Waals surface area contributed by atoms with Crippen molar-refractivity contribution in [1.29, 1.82) is 0 Å². The zero-order valence-electron chi connectivity index (χ0n) is 16.1. The number of benzene rings is 1. The van der Waals surface area contributed by atoms with Crippen molar-refractivity contribution >= 4 is 17.9 Å². The normalized spacial score (nSPS) is 18.6. The first kappa shape index (κ1) is 18.4. The van der Waals surface area contributed by atoms with Gasteiger partial charge in [0.1, 0.15) is 6.54 Å². The standard InChI is InChI=1S/C18H24N8O2/c1-14(2)25-16(27)12-24(18(25)28)13-22-8-10-23(11-9-22)17-19-20-21-26(17)15-6-4-3-5-7-15/h3-7,14H,8-13H2,1-2H3. The fourth-order valence-electron chi connectivity index (χ4n) is 3.63. The van der Waals surface area contributed by atoms with E-state index in [1.54, 1.807) is 9.58 Å². The number of hydrogen-bond acceptors (Lipinski definition) is 7. The number of aromatic nitrogens is 4. The van der Waals surface area contributed by atoms with E-state index in [0.717, 1.165) is 31.9 Å². The third kappa shape index (κ3) is 3.42. The van der Waals surface area contributed by atoms with Gasteiger partial charge in [-0.2, -0.15) is 4.68 Å². The minimum Gasteiger partial charge on any atom is -0.337 e. The molecular weight excluding hydrogens is 360 g/mol. The van der Waals surface area contributed by atoms with Crippen LogP contribution in [0.5, 0.6) is 0 Å². The Morgan fingerprint density at radius 1 is 1.04 bits per heavy atom. The zero-order chi connectivity index (χ0) is 19.7. The Morgan fingerprint density at radius 2 is 1.75 bits per heavy atom. The average Bonchev–Trinajstić information content (AvgIpc) is 3.28. The number of tetrazole rings is 1. The fraction of sp³-hybridized carbons (Fsp3) is 0.500. The van der Waals surface area contributed by atoms with E-state index in [4.69, 9.17) is 0 Å². The Labute approximate surface area is 163 Å². The molecule has 2 aliphatic rings. The first-order chi connectivity index (χ1) is 13.5. The summed E-state index contributed by atoms with van der Waals surface area (Å²) in [5.41, 5.74) is 0.917. The van der Waals surface area contributed by atoms with Crippen LogP contribution in [-0.2, 0) is 4.79 Å². The molecule has 10 nitrogen and oxygen atoms in total. The van der Waals surface area contributed by atoms with Crippen molar-refractivity contribution in [2.24, 2.45) is 0 Å². The van der Waals surface area contributed by atoms with Crippen LogP contribution in [0.2, 0.25) is 0 Å². The van der Waals surface area contributed by atoms with E-state index in [1.807, 2.05) is 44.2 Å². The minimum absolute atomic E-state index is 0.112. The van der Waals surface area contributed by atoms with Crippen LogP contribution in [0.25, 0.3) is 5.69 Å². The van der Waals surface area contributed by atoms with Gasteiger partial charge in [-0.3, -0.25) is 14.6 Å². The molecule has 0 bridgehead atoms. The van der Waals surface area contributed by atoms with E-state index in [9.17, 15) is 9.59 Å². The van der Waals surface area contributed by atoms with Crippen LogP contribution in [0.3, 0.4) is 0 Å². The van der Waals surface area contributed by atoms with Gasteiger partial charge in [0.2, 0.25) is 5.95 Å². The summed E-state index contributed by atoms with van der Waals surface area (Å²) in [6.45, 7) is 7.36. The first-order valence-corrected chi connectivity index (χ1v) is 9.46. The number of para-hydroxylation sites is 1. The van der Waals surface area contributed by atoms with E-state index in [-0.39, 0.29) is 24.5 Å². The molecule has 148 valence electrons. The van der Waals surface area contributed by atoms with Crippen molar-refractivity contribution in [1.82, 2.24) is 34.9 Å². The minimum atomic E-state index is -0.199. The van der Waals surface area contributed by atoms with Gasteiger partial charge in [-0.05, 0) is 36.4 Å². The smallest absolute Gasteiger partial charge is 0.328 e. The summed E-state index contributed by atoms with van der Waals surface area (Å²) in [6.07, 6.45) is 0. The van der Waals surface area contributed by atoms with E-state index >= 15 is 0 Å². The van der Waals surface area contributed by atoms with Crippen molar-refractivity contribution in [2.75, 3.05) is 44.3 Å². The summed E-state index contributed by atoms with van der Waals surface area (Å²) in [7, 11) is 0. The Bertz CT molecular complexity index is 844. The number of hydrogen-bond donors (Lipinski definition) is 0. The maximum absolute atomic E-state index is 12.4. The summed E-state index contributed by atoms with van der Waals surface area (Å²) < 4.78 is 1.73. The molecule has 3 amide bonds. The molecule has 2 saturated heterocycles. The molecule has 2 aliphatic heterocycles. The van der Waals surface area contributed by atoms with Crippen molar-refractivity contribution in [3.05, 3.63) is 30.3 Å². The van der Waals surface area contributed by atoms with Gasteiger partial charge in [0.15, 0.2) is 0 Å². The summed E-state index contributed by atoms with van der Waals surface area (Å²) in [6, 6.07) is 9.48. The predicted octanol–water partition coefficient (Wildman–Crippen LogP) is 0.414. The lowest BCUT2D eigenvalue weighted by Gasteiger charge is -2.36. The van der Waals surface area contributed by atoms with Gasteiger partial charge in [-0.1, -0.05) is 23.3 Å². The molecule has 2 aromatic rings. The van der Waals surface area contributed by atoms with Crippen LogP contribution in [0.4, 0.5) is 10.7 Å².